The molecule has 0 unspecified atom stereocenters. The maximum absolute atomic E-state index is 13.1. The predicted molar refractivity (Wildman–Crippen MR) is 116 cm³/mol. The number of nitrogens with zero attached hydrogens (tertiary/aromatic N) is 3. The second-order valence-corrected chi connectivity index (χ2v) is 8.00. The number of hydrogen-bond donors (Lipinski definition) is 0. The lowest BCUT2D eigenvalue weighted by Gasteiger charge is -2.35. The number of hydrogen-bond acceptors (Lipinski definition) is 4. The van der Waals surface area contributed by atoms with Crippen LogP contribution in [-0.4, -0.2) is 60.2 Å². The van der Waals surface area contributed by atoms with Crippen LogP contribution in [0.3, 0.4) is 0 Å². The van der Waals surface area contributed by atoms with Crippen LogP contribution < -0.4 is 4.90 Å². The molecular formula is C24H23N3O4. The van der Waals surface area contributed by atoms with Crippen LogP contribution in [0, 0.1) is 5.92 Å². The summed E-state index contributed by atoms with van der Waals surface area (Å²) in [6.07, 6.45) is 1.69. The summed E-state index contributed by atoms with van der Waals surface area (Å²) in [6.45, 7) is 2.23. The van der Waals surface area contributed by atoms with Crippen molar-refractivity contribution < 1.29 is 18.8 Å². The number of carbonyl (C=O) groups excluding carboxylic acids is 3. The van der Waals surface area contributed by atoms with Crippen LogP contribution in [0.5, 0.6) is 0 Å². The van der Waals surface area contributed by atoms with Crippen molar-refractivity contribution in [2.75, 3.05) is 37.6 Å². The van der Waals surface area contributed by atoms with E-state index in [1.165, 1.54) is 6.26 Å². The van der Waals surface area contributed by atoms with Gasteiger partial charge in [0, 0.05) is 44.5 Å². The number of anilines is 1. The molecule has 3 heterocycles. The molecule has 2 aliphatic heterocycles. The number of carbonyl (C=O) groups is 3. The number of furan rings is 1. The third-order valence-electron chi connectivity index (χ3n) is 6.14. The molecule has 0 spiro atoms. The topological polar surface area (TPSA) is 74.1 Å². The Balaban J connectivity index is 1.25. The summed E-state index contributed by atoms with van der Waals surface area (Å²) in [5.74, 6) is -0.247. The third-order valence-corrected chi connectivity index (χ3v) is 6.14. The highest BCUT2D eigenvalue weighted by molar-refractivity contribution is 6.07. The number of benzene rings is 2. The van der Waals surface area contributed by atoms with Gasteiger partial charge in [-0.15, -0.1) is 0 Å². The summed E-state index contributed by atoms with van der Waals surface area (Å²) >= 11 is 0. The minimum Gasteiger partial charge on any atom is -0.459 e. The zero-order valence-corrected chi connectivity index (χ0v) is 17.1. The summed E-state index contributed by atoms with van der Waals surface area (Å²) in [7, 11) is 0. The molecule has 2 saturated heterocycles. The van der Waals surface area contributed by atoms with Crippen LogP contribution in [-0.2, 0) is 9.59 Å². The van der Waals surface area contributed by atoms with Crippen molar-refractivity contribution in [1.29, 1.82) is 0 Å². The minimum atomic E-state index is -0.362. The SMILES string of the molecule is O=C(c1ccco1)N1CCN(C(=O)[C@H]2CC(=O)N(c3cccc4ccccc34)C2)CC1. The first-order valence-corrected chi connectivity index (χ1v) is 10.5. The highest BCUT2D eigenvalue weighted by Crippen LogP contribution is 2.32. The van der Waals surface area contributed by atoms with Crippen molar-refractivity contribution in [2.24, 2.45) is 5.92 Å². The number of rotatable bonds is 3. The third kappa shape index (κ3) is 3.56. The lowest BCUT2D eigenvalue weighted by atomic mass is 10.1. The van der Waals surface area contributed by atoms with Crippen LogP contribution >= 0.6 is 0 Å². The van der Waals surface area contributed by atoms with Crippen molar-refractivity contribution in [3.63, 3.8) is 0 Å². The van der Waals surface area contributed by atoms with Gasteiger partial charge in [0.15, 0.2) is 5.76 Å². The molecular weight excluding hydrogens is 394 g/mol. The molecule has 5 rings (SSSR count). The zero-order chi connectivity index (χ0) is 21.4. The van der Waals surface area contributed by atoms with Crippen LogP contribution in [0.2, 0.25) is 0 Å². The van der Waals surface area contributed by atoms with Crippen LogP contribution in [0.1, 0.15) is 17.0 Å². The molecule has 1 atom stereocenters. The summed E-state index contributed by atoms with van der Waals surface area (Å²) in [4.78, 5) is 43.5. The maximum atomic E-state index is 13.1. The number of piperazine rings is 1. The van der Waals surface area contributed by atoms with E-state index in [0.29, 0.717) is 38.5 Å². The Bertz CT molecular complexity index is 1130. The van der Waals surface area contributed by atoms with Crippen LogP contribution in [0.15, 0.2) is 65.3 Å². The molecule has 0 N–H and O–H groups in total. The first-order chi connectivity index (χ1) is 15.1. The molecule has 31 heavy (non-hydrogen) atoms. The Labute approximate surface area is 179 Å². The molecule has 2 aliphatic rings. The Kier molecular flexibility index (Phi) is 4.94. The van der Waals surface area contributed by atoms with Crippen molar-refractivity contribution in [3.8, 4) is 0 Å². The number of amides is 3. The molecule has 0 aliphatic carbocycles. The second-order valence-electron chi connectivity index (χ2n) is 8.00. The lowest BCUT2D eigenvalue weighted by molar-refractivity contribution is -0.137. The minimum absolute atomic E-state index is 0.0128. The Morgan fingerprint density at radius 2 is 1.61 bits per heavy atom. The Morgan fingerprint density at radius 1 is 0.871 bits per heavy atom. The van der Waals surface area contributed by atoms with Gasteiger partial charge in [0.2, 0.25) is 11.8 Å². The van der Waals surface area contributed by atoms with Crippen molar-refractivity contribution in [2.45, 2.75) is 6.42 Å². The van der Waals surface area contributed by atoms with Crippen molar-refractivity contribution >= 4 is 34.2 Å². The van der Waals surface area contributed by atoms with Gasteiger partial charge < -0.3 is 19.1 Å². The van der Waals surface area contributed by atoms with Gasteiger partial charge in [0.1, 0.15) is 0 Å². The van der Waals surface area contributed by atoms with Crippen LogP contribution in [0.4, 0.5) is 5.69 Å². The molecule has 3 aromatic rings. The first kappa shape index (κ1) is 19.4. The molecule has 0 bridgehead atoms. The zero-order valence-electron chi connectivity index (χ0n) is 17.1. The highest BCUT2D eigenvalue weighted by Gasteiger charge is 2.38. The standard InChI is InChI=1S/C24H23N3O4/c28-22-15-18(16-27(22)20-8-3-6-17-5-1-2-7-19(17)20)23(29)25-10-12-26(13-11-25)24(30)21-9-4-14-31-21/h1-9,14,18H,10-13,15-16H2/t18-/m0/s1. The van der Waals surface area contributed by atoms with Gasteiger partial charge in [-0.1, -0.05) is 36.4 Å². The second kappa shape index (κ2) is 7.91. The summed E-state index contributed by atoms with van der Waals surface area (Å²) in [6, 6.07) is 17.2. The lowest BCUT2D eigenvalue weighted by Crippen LogP contribution is -2.52. The van der Waals surface area contributed by atoms with E-state index in [2.05, 4.69) is 0 Å². The van der Waals surface area contributed by atoms with Crippen molar-refractivity contribution in [1.82, 2.24) is 9.80 Å². The molecule has 3 amide bonds. The van der Waals surface area contributed by atoms with Gasteiger partial charge in [-0.05, 0) is 23.6 Å². The van der Waals surface area contributed by atoms with Crippen LogP contribution in [0.25, 0.3) is 10.8 Å². The average Bonchev–Trinajstić information content (AvgIpc) is 3.48. The fraction of sp³-hybridized carbons (Fsp3) is 0.292. The van der Waals surface area contributed by atoms with E-state index in [4.69, 9.17) is 4.42 Å². The molecule has 0 saturated carbocycles. The van der Waals surface area contributed by atoms with Gasteiger partial charge in [-0.25, -0.2) is 0 Å². The van der Waals surface area contributed by atoms with Gasteiger partial charge in [-0.2, -0.15) is 0 Å². The molecule has 0 radical (unpaired) electrons. The smallest absolute Gasteiger partial charge is 0.289 e. The highest BCUT2D eigenvalue weighted by atomic mass is 16.3. The van der Waals surface area contributed by atoms with Gasteiger partial charge in [0.25, 0.3) is 5.91 Å². The van der Waals surface area contributed by atoms with E-state index in [9.17, 15) is 14.4 Å². The van der Waals surface area contributed by atoms with Gasteiger partial charge >= 0.3 is 0 Å². The van der Waals surface area contributed by atoms with E-state index in [0.717, 1.165) is 16.5 Å². The quantitative estimate of drug-likeness (QED) is 0.657. The molecule has 2 fully saturated rings. The monoisotopic (exact) mass is 417 g/mol. The fourth-order valence-electron chi connectivity index (χ4n) is 4.49. The van der Waals surface area contributed by atoms with Gasteiger partial charge in [0.05, 0.1) is 17.9 Å². The summed E-state index contributed by atoms with van der Waals surface area (Å²) < 4.78 is 5.19. The van der Waals surface area contributed by atoms with E-state index >= 15 is 0 Å². The van der Waals surface area contributed by atoms with E-state index in [1.54, 1.807) is 26.8 Å². The Morgan fingerprint density at radius 3 is 2.39 bits per heavy atom. The number of fused-ring (bicyclic) bond motifs is 1. The summed E-state index contributed by atoms with van der Waals surface area (Å²) in [5, 5.41) is 2.08. The van der Waals surface area contributed by atoms with E-state index < -0.39 is 0 Å². The van der Waals surface area contributed by atoms with E-state index in [1.807, 2.05) is 42.5 Å². The molecule has 7 nitrogen and oxygen atoms in total. The maximum Gasteiger partial charge on any atom is 0.289 e. The normalized spacial score (nSPS) is 19.3. The van der Waals surface area contributed by atoms with E-state index in [-0.39, 0.29) is 30.1 Å². The molecule has 158 valence electrons. The average molecular weight is 417 g/mol. The Hall–Kier alpha value is -3.61. The molecule has 7 heteroatoms. The summed E-state index contributed by atoms with van der Waals surface area (Å²) in [5.41, 5.74) is 0.854. The van der Waals surface area contributed by atoms with Gasteiger partial charge in [-0.3, -0.25) is 14.4 Å². The predicted octanol–water partition coefficient (Wildman–Crippen LogP) is 2.77. The molecule has 1 aromatic heterocycles. The van der Waals surface area contributed by atoms with Crippen molar-refractivity contribution in [3.05, 3.63) is 66.6 Å². The first-order valence-electron chi connectivity index (χ1n) is 10.5. The largest absolute Gasteiger partial charge is 0.459 e. The fourth-order valence-corrected chi connectivity index (χ4v) is 4.49. The molecule has 2 aromatic carbocycles.